The molecule has 0 heterocycles. The van der Waals surface area contributed by atoms with E-state index in [1.54, 1.807) is 0 Å². The lowest BCUT2D eigenvalue weighted by Gasteiger charge is -2.24. The van der Waals surface area contributed by atoms with E-state index in [1.807, 2.05) is 18.2 Å². The Bertz CT molecular complexity index is 441. The second-order valence-electron chi connectivity index (χ2n) is 5.06. The maximum Gasteiger partial charge on any atom is 0.104 e. The van der Waals surface area contributed by atoms with Crippen LogP contribution in [0.25, 0.3) is 0 Å². The van der Waals surface area contributed by atoms with Gasteiger partial charge in [0.15, 0.2) is 0 Å². The van der Waals surface area contributed by atoms with Crippen molar-refractivity contribution in [3.63, 3.8) is 0 Å². The van der Waals surface area contributed by atoms with Crippen LogP contribution >= 0.6 is 23.8 Å². The number of hydrogen-bond acceptors (Lipinski definition) is 2. The summed E-state index contributed by atoms with van der Waals surface area (Å²) in [6.45, 7) is 1.08. The maximum absolute atomic E-state index is 6.30. The molecule has 0 amide bonds. The van der Waals surface area contributed by atoms with Gasteiger partial charge in [0.1, 0.15) is 4.99 Å². The lowest BCUT2D eigenvalue weighted by Crippen LogP contribution is -2.24. The number of thiocarbonyl (C=S) groups is 1. The number of rotatable bonds is 4. The Hall–Kier alpha value is -0.800. The molecule has 1 aliphatic rings. The van der Waals surface area contributed by atoms with Gasteiger partial charge in [-0.15, -0.1) is 0 Å². The summed E-state index contributed by atoms with van der Waals surface area (Å²) in [7, 11) is 2.10. The van der Waals surface area contributed by atoms with Gasteiger partial charge in [0, 0.05) is 19.2 Å². The van der Waals surface area contributed by atoms with Gasteiger partial charge in [-0.1, -0.05) is 36.7 Å². The molecule has 4 heteroatoms. The predicted octanol–water partition coefficient (Wildman–Crippen LogP) is 3.60. The topological polar surface area (TPSA) is 29.3 Å². The molecule has 2 nitrogen and oxygen atoms in total. The first-order valence-corrected chi connectivity index (χ1v) is 7.17. The van der Waals surface area contributed by atoms with Crippen molar-refractivity contribution in [2.24, 2.45) is 11.7 Å². The molecule has 0 aromatic heterocycles. The van der Waals surface area contributed by atoms with Gasteiger partial charge in [0.2, 0.25) is 0 Å². The highest BCUT2D eigenvalue weighted by Crippen LogP contribution is 2.30. The molecule has 2 rings (SSSR count). The number of anilines is 1. The summed E-state index contributed by atoms with van der Waals surface area (Å²) in [4.78, 5) is 2.63. The minimum Gasteiger partial charge on any atom is -0.389 e. The number of halogens is 1. The van der Waals surface area contributed by atoms with Crippen molar-refractivity contribution in [2.75, 3.05) is 18.5 Å². The molecule has 1 aromatic rings. The summed E-state index contributed by atoms with van der Waals surface area (Å²) < 4.78 is 0. The van der Waals surface area contributed by atoms with Crippen molar-refractivity contribution in [3.8, 4) is 0 Å². The fourth-order valence-corrected chi connectivity index (χ4v) is 3.10. The molecule has 1 aliphatic carbocycles. The summed E-state index contributed by atoms with van der Waals surface area (Å²) in [5.41, 5.74) is 7.49. The molecule has 0 saturated heterocycles. The summed E-state index contributed by atoms with van der Waals surface area (Å²) in [6, 6.07) is 5.80. The summed E-state index contributed by atoms with van der Waals surface area (Å²) in [5, 5.41) is 0.723. The van der Waals surface area contributed by atoms with Crippen LogP contribution in [0.3, 0.4) is 0 Å². The Morgan fingerprint density at radius 2 is 2.11 bits per heavy atom. The largest absolute Gasteiger partial charge is 0.389 e. The fraction of sp³-hybridized carbons (Fsp3) is 0.500. The van der Waals surface area contributed by atoms with E-state index in [2.05, 4.69) is 11.9 Å². The molecule has 1 aromatic carbocycles. The minimum absolute atomic E-state index is 0.391. The van der Waals surface area contributed by atoms with E-state index in [9.17, 15) is 0 Å². The lowest BCUT2D eigenvalue weighted by atomic mass is 10.1. The van der Waals surface area contributed by atoms with Gasteiger partial charge in [-0.3, -0.25) is 0 Å². The van der Waals surface area contributed by atoms with Crippen LogP contribution in [0.1, 0.15) is 31.2 Å². The lowest BCUT2D eigenvalue weighted by molar-refractivity contribution is 0.547. The molecule has 1 fully saturated rings. The van der Waals surface area contributed by atoms with Crippen LogP contribution in [0.4, 0.5) is 5.69 Å². The van der Waals surface area contributed by atoms with Crippen LogP contribution in [-0.4, -0.2) is 18.6 Å². The molecule has 0 spiro atoms. The van der Waals surface area contributed by atoms with Crippen LogP contribution in [0.2, 0.25) is 5.02 Å². The summed E-state index contributed by atoms with van der Waals surface area (Å²) in [6.07, 6.45) is 5.42. The van der Waals surface area contributed by atoms with E-state index in [0.29, 0.717) is 4.99 Å². The first-order valence-electron chi connectivity index (χ1n) is 6.38. The molecule has 0 unspecified atom stereocenters. The van der Waals surface area contributed by atoms with Gasteiger partial charge in [-0.25, -0.2) is 0 Å². The highest BCUT2D eigenvalue weighted by atomic mass is 35.5. The van der Waals surface area contributed by atoms with Crippen molar-refractivity contribution in [2.45, 2.75) is 25.7 Å². The Morgan fingerprint density at radius 1 is 1.44 bits per heavy atom. The molecular weight excluding hydrogens is 264 g/mol. The smallest absolute Gasteiger partial charge is 0.104 e. The van der Waals surface area contributed by atoms with Gasteiger partial charge in [0.25, 0.3) is 0 Å². The molecule has 0 bridgehead atoms. The first-order chi connectivity index (χ1) is 8.58. The number of nitrogens with zero attached hydrogens (tertiary/aromatic N) is 1. The van der Waals surface area contributed by atoms with Gasteiger partial charge in [0.05, 0.1) is 10.7 Å². The van der Waals surface area contributed by atoms with Gasteiger partial charge in [-0.2, -0.15) is 0 Å². The molecule has 98 valence electrons. The summed E-state index contributed by atoms with van der Waals surface area (Å²) in [5.74, 6) is 0.807. The maximum atomic E-state index is 6.30. The molecule has 1 saturated carbocycles. The van der Waals surface area contributed by atoms with Crippen LogP contribution < -0.4 is 10.6 Å². The highest BCUT2D eigenvalue weighted by molar-refractivity contribution is 7.80. The van der Waals surface area contributed by atoms with E-state index < -0.39 is 0 Å². The van der Waals surface area contributed by atoms with Crippen LogP contribution in [0.15, 0.2) is 18.2 Å². The van der Waals surface area contributed by atoms with Crippen molar-refractivity contribution in [1.29, 1.82) is 0 Å². The molecular formula is C14H19ClN2S. The average molecular weight is 283 g/mol. The monoisotopic (exact) mass is 282 g/mol. The molecule has 0 aliphatic heterocycles. The van der Waals surface area contributed by atoms with Gasteiger partial charge < -0.3 is 10.6 Å². The Kier molecular flexibility index (Phi) is 4.46. The summed E-state index contributed by atoms with van der Waals surface area (Å²) >= 11 is 11.2. The molecule has 0 atom stereocenters. The Labute approximate surface area is 119 Å². The van der Waals surface area contributed by atoms with E-state index in [-0.39, 0.29) is 0 Å². The molecule has 0 radical (unpaired) electrons. The average Bonchev–Trinajstić information content (AvgIpc) is 2.81. The first kappa shape index (κ1) is 13.6. The van der Waals surface area contributed by atoms with Crippen molar-refractivity contribution >= 4 is 34.5 Å². The van der Waals surface area contributed by atoms with Crippen LogP contribution in [0, 0.1) is 5.92 Å². The standard InChI is InChI=1S/C14H19ClN2S/c1-17(9-10-4-2-3-5-10)13-7-6-11(14(16)18)8-12(13)15/h6-8,10H,2-5,9H2,1H3,(H2,16,18). The SMILES string of the molecule is CN(CC1CCCC1)c1ccc(C(N)=S)cc1Cl. The minimum atomic E-state index is 0.391. The predicted molar refractivity (Wildman–Crippen MR) is 82.6 cm³/mol. The van der Waals surface area contributed by atoms with Crippen molar-refractivity contribution in [3.05, 3.63) is 28.8 Å². The number of hydrogen-bond donors (Lipinski definition) is 1. The zero-order chi connectivity index (χ0) is 13.1. The van der Waals surface area contributed by atoms with E-state index in [0.717, 1.165) is 28.7 Å². The third-order valence-corrected chi connectivity index (χ3v) is 4.19. The molecule has 18 heavy (non-hydrogen) atoms. The van der Waals surface area contributed by atoms with E-state index in [4.69, 9.17) is 29.6 Å². The van der Waals surface area contributed by atoms with E-state index in [1.165, 1.54) is 25.7 Å². The molecule has 2 N–H and O–H groups in total. The van der Waals surface area contributed by atoms with E-state index >= 15 is 0 Å². The Balaban J connectivity index is 2.09. The Morgan fingerprint density at radius 3 is 2.67 bits per heavy atom. The van der Waals surface area contributed by atoms with Crippen molar-refractivity contribution < 1.29 is 0 Å². The van der Waals surface area contributed by atoms with Crippen LogP contribution in [0.5, 0.6) is 0 Å². The normalized spacial score (nSPS) is 15.9. The third kappa shape index (κ3) is 3.15. The van der Waals surface area contributed by atoms with Gasteiger partial charge in [-0.05, 0) is 37.0 Å². The number of benzene rings is 1. The quantitative estimate of drug-likeness (QED) is 0.856. The zero-order valence-electron chi connectivity index (χ0n) is 10.7. The second-order valence-corrected chi connectivity index (χ2v) is 5.91. The second kappa shape index (κ2) is 5.89. The number of nitrogens with two attached hydrogens (primary N) is 1. The van der Waals surface area contributed by atoms with Crippen LogP contribution in [-0.2, 0) is 0 Å². The highest BCUT2D eigenvalue weighted by Gasteiger charge is 2.18. The zero-order valence-corrected chi connectivity index (χ0v) is 12.2. The fourth-order valence-electron chi connectivity index (χ4n) is 2.65. The third-order valence-electron chi connectivity index (χ3n) is 3.65. The van der Waals surface area contributed by atoms with Crippen molar-refractivity contribution in [1.82, 2.24) is 0 Å². The van der Waals surface area contributed by atoms with Gasteiger partial charge >= 0.3 is 0 Å².